The number of benzene rings is 2. The van der Waals surface area contributed by atoms with Gasteiger partial charge < -0.3 is 14.5 Å². The van der Waals surface area contributed by atoms with E-state index in [-0.39, 0.29) is 6.01 Å². The summed E-state index contributed by atoms with van der Waals surface area (Å²) < 4.78 is 10.6. The van der Waals surface area contributed by atoms with Crippen LogP contribution in [0, 0.1) is 0 Å². The standard InChI is InChI=1S/C17H15ClN4O3/c1-24-14-8-7-12(18)10-13(14)19-16(23)20-17-22-21-15(25-17)9-11-5-3-2-4-6-11/h2-8,10H,9H2,1H3,(H2,19,20,22,23). The number of nitrogens with one attached hydrogen (secondary N) is 2. The van der Waals surface area contributed by atoms with Crippen molar-refractivity contribution in [3.63, 3.8) is 0 Å². The van der Waals surface area contributed by atoms with E-state index in [4.69, 9.17) is 20.8 Å². The molecule has 8 heteroatoms. The predicted octanol–water partition coefficient (Wildman–Crippen LogP) is 3.97. The molecule has 3 rings (SSSR count). The maximum atomic E-state index is 12.1. The van der Waals surface area contributed by atoms with Gasteiger partial charge in [-0.15, -0.1) is 5.10 Å². The lowest BCUT2D eigenvalue weighted by Crippen LogP contribution is -2.20. The van der Waals surface area contributed by atoms with Gasteiger partial charge in [0.1, 0.15) is 5.75 Å². The molecule has 0 aliphatic rings. The van der Waals surface area contributed by atoms with E-state index in [2.05, 4.69) is 20.8 Å². The number of hydrogen-bond donors (Lipinski definition) is 2. The molecule has 128 valence electrons. The summed E-state index contributed by atoms with van der Waals surface area (Å²) >= 11 is 5.93. The van der Waals surface area contributed by atoms with Gasteiger partial charge in [-0.1, -0.05) is 47.0 Å². The number of halogens is 1. The Kier molecular flexibility index (Phi) is 5.15. The molecule has 25 heavy (non-hydrogen) atoms. The topological polar surface area (TPSA) is 89.3 Å². The lowest BCUT2D eigenvalue weighted by molar-refractivity contribution is 0.261. The van der Waals surface area contributed by atoms with Crippen molar-refractivity contribution in [3.8, 4) is 5.75 Å². The van der Waals surface area contributed by atoms with Crippen LogP contribution in [0.1, 0.15) is 11.5 Å². The van der Waals surface area contributed by atoms with Gasteiger partial charge in [-0.25, -0.2) is 4.79 Å². The van der Waals surface area contributed by atoms with Crippen LogP contribution in [-0.2, 0) is 6.42 Å². The molecule has 1 aromatic heterocycles. The normalized spacial score (nSPS) is 10.3. The predicted molar refractivity (Wildman–Crippen MR) is 94.2 cm³/mol. The van der Waals surface area contributed by atoms with E-state index < -0.39 is 6.03 Å². The van der Waals surface area contributed by atoms with Crippen LogP contribution in [-0.4, -0.2) is 23.3 Å². The molecule has 0 aliphatic heterocycles. The highest BCUT2D eigenvalue weighted by molar-refractivity contribution is 6.31. The zero-order valence-electron chi connectivity index (χ0n) is 13.3. The molecule has 0 fully saturated rings. The second-order valence-corrected chi connectivity index (χ2v) is 5.52. The number of aromatic nitrogens is 2. The summed E-state index contributed by atoms with van der Waals surface area (Å²) in [4.78, 5) is 12.1. The minimum absolute atomic E-state index is 0.00410. The lowest BCUT2D eigenvalue weighted by atomic mass is 10.2. The average molecular weight is 359 g/mol. The fourth-order valence-corrected chi connectivity index (χ4v) is 2.35. The minimum atomic E-state index is -0.546. The van der Waals surface area contributed by atoms with E-state index in [0.29, 0.717) is 28.8 Å². The van der Waals surface area contributed by atoms with Gasteiger partial charge in [-0.05, 0) is 23.8 Å². The highest BCUT2D eigenvalue weighted by Gasteiger charge is 2.12. The Morgan fingerprint density at radius 1 is 1.16 bits per heavy atom. The molecule has 2 aromatic carbocycles. The first kappa shape index (κ1) is 16.8. The Balaban J connectivity index is 1.63. The molecule has 1 heterocycles. The third kappa shape index (κ3) is 4.48. The van der Waals surface area contributed by atoms with Crippen LogP contribution in [0.4, 0.5) is 16.5 Å². The van der Waals surface area contributed by atoms with Gasteiger partial charge in [0.2, 0.25) is 5.89 Å². The zero-order valence-corrected chi connectivity index (χ0v) is 14.1. The first-order valence-electron chi connectivity index (χ1n) is 7.42. The summed E-state index contributed by atoms with van der Waals surface area (Å²) in [6.45, 7) is 0. The van der Waals surface area contributed by atoms with Crippen molar-refractivity contribution in [1.82, 2.24) is 10.2 Å². The van der Waals surface area contributed by atoms with Crippen LogP contribution < -0.4 is 15.4 Å². The van der Waals surface area contributed by atoms with Gasteiger partial charge in [0.25, 0.3) is 0 Å². The second-order valence-electron chi connectivity index (χ2n) is 5.09. The largest absolute Gasteiger partial charge is 0.495 e. The van der Waals surface area contributed by atoms with E-state index in [1.165, 1.54) is 7.11 Å². The average Bonchev–Trinajstić information content (AvgIpc) is 3.02. The summed E-state index contributed by atoms with van der Waals surface area (Å²) in [6.07, 6.45) is 0.485. The summed E-state index contributed by atoms with van der Waals surface area (Å²) in [7, 11) is 1.50. The van der Waals surface area contributed by atoms with E-state index >= 15 is 0 Å². The molecular formula is C17H15ClN4O3. The second kappa shape index (κ2) is 7.67. The molecule has 7 nitrogen and oxygen atoms in total. The highest BCUT2D eigenvalue weighted by Crippen LogP contribution is 2.27. The summed E-state index contributed by atoms with van der Waals surface area (Å²) in [5.74, 6) is 0.886. The monoisotopic (exact) mass is 358 g/mol. The first-order valence-corrected chi connectivity index (χ1v) is 7.79. The number of nitrogens with zero attached hydrogens (tertiary/aromatic N) is 2. The van der Waals surface area contributed by atoms with Gasteiger partial charge in [-0.3, -0.25) is 5.32 Å². The summed E-state index contributed by atoms with van der Waals surface area (Å²) in [6, 6.07) is 14.0. The minimum Gasteiger partial charge on any atom is -0.495 e. The highest BCUT2D eigenvalue weighted by atomic mass is 35.5. The summed E-state index contributed by atoms with van der Waals surface area (Å²) in [5.41, 5.74) is 1.46. The summed E-state index contributed by atoms with van der Waals surface area (Å²) in [5, 5.41) is 13.3. The fourth-order valence-electron chi connectivity index (χ4n) is 2.17. The van der Waals surface area contributed by atoms with Crippen LogP contribution in [0.15, 0.2) is 52.9 Å². The van der Waals surface area contributed by atoms with Gasteiger partial charge in [0.05, 0.1) is 19.2 Å². The molecule has 2 N–H and O–H groups in total. The molecule has 0 spiro atoms. The van der Waals surface area contributed by atoms with Crippen molar-refractivity contribution >= 4 is 29.3 Å². The van der Waals surface area contributed by atoms with Crippen LogP contribution in [0.2, 0.25) is 5.02 Å². The number of rotatable bonds is 5. The van der Waals surface area contributed by atoms with Crippen LogP contribution in [0.3, 0.4) is 0 Å². The Morgan fingerprint density at radius 2 is 1.96 bits per heavy atom. The maximum absolute atomic E-state index is 12.1. The molecule has 0 saturated heterocycles. The van der Waals surface area contributed by atoms with Crippen molar-refractivity contribution in [1.29, 1.82) is 0 Å². The van der Waals surface area contributed by atoms with Crippen molar-refractivity contribution in [3.05, 3.63) is 65.0 Å². The molecule has 2 amide bonds. The Morgan fingerprint density at radius 3 is 2.72 bits per heavy atom. The van der Waals surface area contributed by atoms with Crippen LogP contribution in [0.25, 0.3) is 0 Å². The molecule has 0 atom stereocenters. The SMILES string of the molecule is COc1ccc(Cl)cc1NC(=O)Nc1nnc(Cc2ccccc2)o1. The number of carbonyl (C=O) groups excluding carboxylic acids is 1. The fraction of sp³-hybridized carbons (Fsp3) is 0.118. The maximum Gasteiger partial charge on any atom is 0.327 e. The van der Waals surface area contributed by atoms with Crippen LogP contribution >= 0.6 is 11.6 Å². The lowest BCUT2D eigenvalue weighted by Gasteiger charge is -2.10. The number of amides is 2. The smallest absolute Gasteiger partial charge is 0.327 e. The van der Waals surface area contributed by atoms with Crippen molar-refractivity contribution in [2.45, 2.75) is 6.42 Å². The molecule has 0 radical (unpaired) electrons. The quantitative estimate of drug-likeness (QED) is 0.720. The first-order chi connectivity index (χ1) is 12.1. The number of methoxy groups -OCH3 is 1. The Bertz CT molecular complexity index is 867. The van der Waals surface area contributed by atoms with E-state index in [1.807, 2.05) is 30.3 Å². The number of hydrogen-bond acceptors (Lipinski definition) is 5. The Hall–Kier alpha value is -3.06. The van der Waals surface area contributed by atoms with E-state index in [9.17, 15) is 4.79 Å². The molecule has 0 unspecified atom stereocenters. The van der Waals surface area contributed by atoms with Gasteiger partial charge in [-0.2, -0.15) is 0 Å². The zero-order chi connectivity index (χ0) is 17.6. The third-order valence-corrected chi connectivity index (χ3v) is 3.53. The Labute approximate surface area is 149 Å². The molecular weight excluding hydrogens is 344 g/mol. The van der Waals surface area contributed by atoms with Crippen molar-refractivity contribution in [2.75, 3.05) is 17.7 Å². The number of anilines is 2. The molecule has 0 saturated carbocycles. The molecule has 0 aliphatic carbocycles. The van der Waals surface area contributed by atoms with E-state index in [0.717, 1.165) is 5.56 Å². The molecule has 3 aromatic rings. The van der Waals surface area contributed by atoms with Crippen LogP contribution in [0.5, 0.6) is 5.75 Å². The van der Waals surface area contributed by atoms with Gasteiger partial charge in [0, 0.05) is 5.02 Å². The number of ether oxygens (including phenoxy) is 1. The van der Waals surface area contributed by atoms with E-state index in [1.54, 1.807) is 18.2 Å². The number of urea groups is 1. The number of carbonyl (C=O) groups is 1. The van der Waals surface area contributed by atoms with Gasteiger partial charge >= 0.3 is 12.0 Å². The van der Waals surface area contributed by atoms with Gasteiger partial charge in [0.15, 0.2) is 0 Å². The third-order valence-electron chi connectivity index (χ3n) is 3.30. The van der Waals surface area contributed by atoms with Crippen molar-refractivity contribution in [2.24, 2.45) is 0 Å². The van der Waals surface area contributed by atoms with Crippen molar-refractivity contribution < 1.29 is 13.9 Å². The molecule has 0 bridgehead atoms.